The van der Waals surface area contributed by atoms with Crippen LogP contribution < -0.4 is 4.74 Å². The zero-order chi connectivity index (χ0) is 16.4. The van der Waals surface area contributed by atoms with E-state index in [4.69, 9.17) is 24.5 Å². The maximum atomic E-state index is 9.10. The van der Waals surface area contributed by atoms with E-state index in [1.54, 1.807) is 0 Å². The lowest BCUT2D eigenvalue weighted by molar-refractivity contribution is -0.159. The number of carboxylic acid groups (broad SMARTS) is 2. The summed E-state index contributed by atoms with van der Waals surface area (Å²) >= 11 is 0. The normalized spacial score (nSPS) is 14.6. The highest BCUT2D eigenvalue weighted by Crippen LogP contribution is 2.21. The second-order valence-electron chi connectivity index (χ2n) is 4.99. The highest BCUT2D eigenvalue weighted by Gasteiger charge is 2.12. The first-order valence-corrected chi connectivity index (χ1v) is 7.43. The van der Waals surface area contributed by atoms with Crippen molar-refractivity contribution < 1.29 is 24.5 Å². The number of rotatable bonds is 4. The van der Waals surface area contributed by atoms with Gasteiger partial charge in [-0.3, -0.25) is 4.90 Å². The van der Waals surface area contributed by atoms with E-state index in [1.165, 1.54) is 37.9 Å². The highest BCUT2D eigenvalue weighted by atomic mass is 16.5. The van der Waals surface area contributed by atoms with E-state index in [1.807, 2.05) is 13.0 Å². The number of piperidine rings is 1. The summed E-state index contributed by atoms with van der Waals surface area (Å²) in [7, 11) is 0. The minimum absolute atomic E-state index is 0.747. The fourth-order valence-corrected chi connectivity index (χ4v) is 2.29. The molecule has 2 rings (SSSR count). The SMILES string of the molecule is CCOc1ccccc1CN1CCCCC1.O=C(O)C(=O)O. The molecule has 1 heterocycles. The zero-order valence-corrected chi connectivity index (χ0v) is 12.8. The molecule has 0 amide bonds. The first-order chi connectivity index (χ1) is 10.5. The number of likely N-dealkylation sites (tertiary alicyclic amines) is 1. The molecule has 0 aliphatic carbocycles. The van der Waals surface area contributed by atoms with Crippen LogP contribution in [0.25, 0.3) is 0 Å². The molecule has 0 saturated carbocycles. The second-order valence-corrected chi connectivity index (χ2v) is 4.99. The molecule has 1 aliphatic heterocycles. The van der Waals surface area contributed by atoms with Gasteiger partial charge in [0.15, 0.2) is 0 Å². The second kappa shape index (κ2) is 9.78. The number of nitrogens with zero attached hydrogens (tertiary/aromatic N) is 1. The van der Waals surface area contributed by atoms with Crippen molar-refractivity contribution in [1.82, 2.24) is 4.90 Å². The molecule has 0 aromatic heterocycles. The fraction of sp³-hybridized carbons (Fsp3) is 0.500. The van der Waals surface area contributed by atoms with Crippen LogP contribution >= 0.6 is 0 Å². The van der Waals surface area contributed by atoms with Crippen LogP contribution in [0.4, 0.5) is 0 Å². The highest BCUT2D eigenvalue weighted by molar-refractivity contribution is 6.27. The lowest BCUT2D eigenvalue weighted by Gasteiger charge is -2.27. The van der Waals surface area contributed by atoms with Gasteiger partial charge in [0, 0.05) is 12.1 Å². The van der Waals surface area contributed by atoms with Crippen LogP contribution in [0.5, 0.6) is 5.75 Å². The Morgan fingerprint density at radius 3 is 2.23 bits per heavy atom. The third kappa shape index (κ3) is 6.58. The predicted octanol–water partition coefficient (Wildman–Crippen LogP) is 2.23. The number of hydrogen-bond acceptors (Lipinski definition) is 4. The van der Waals surface area contributed by atoms with Gasteiger partial charge in [0.1, 0.15) is 5.75 Å². The van der Waals surface area contributed by atoms with Crippen LogP contribution in [0.1, 0.15) is 31.7 Å². The summed E-state index contributed by atoms with van der Waals surface area (Å²) < 4.78 is 5.65. The van der Waals surface area contributed by atoms with E-state index in [2.05, 4.69) is 23.1 Å². The van der Waals surface area contributed by atoms with E-state index in [0.717, 1.165) is 18.9 Å². The van der Waals surface area contributed by atoms with Crippen molar-refractivity contribution >= 4 is 11.9 Å². The van der Waals surface area contributed by atoms with E-state index >= 15 is 0 Å². The van der Waals surface area contributed by atoms with Gasteiger partial charge in [0.05, 0.1) is 6.61 Å². The molecule has 0 radical (unpaired) electrons. The van der Waals surface area contributed by atoms with Gasteiger partial charge in [0.2, 0.25) is 0 Å². The van der Waals surface area contributed by atoms with Crippen LogP contribution in [-0.2, 0) is 16.1 Å². The number of aliphatic carboxylic acids is 2. The molecule has 0 spiro atoms. The van der Waals surface area contributed by atoms with Gasteiger partial charge in [-0.1, -0.05) is 24.6 Å². The Morgan fingerprint density at radius 1 is 1.09 bits per heavy atom. The lowest BCUT2D eigenvalue weighted by Crippen LogP contribution is -2.29. The summed E-state index contributed by atoms with van der Waals surface area (Å²) in [5, 5.41) is 14.8. The van der Waals surface area contributed by atoms with E-state index in [9.17, 15) is 0 Å². The summed E-state index contributed by atoms with van der Waals surface area (Å²) in [6.07, 6.45) is 4.08. The van der Waals surface area contributed by atoms with Crippen molar-refractivity contribution in [2.75, 3.05) is 19.7 Å². The van der Waals surface area contributed by atoms with E-state index in [0.29, 0.717) is 0 Å². The summed E-state index contributed by atoms with van der Waals surface area (Å²) in [4.78, 5) is 20.7. The Bertz CT molecular complexity index is 471. The first-order valence-electron chi connectivity index (χ1n) is 7.43. The van der Waals surface area contributed by atoms with Crippen molar-refractivity contribution in [3.05, 3.63) is 29.8 Å². The van der Waals surface area contributed by atoms with Gasteiger partial charge in [-0.05, 0) is 38.9 Å². The average molecular weight is 309 g/mol. The maximum absolute atomic E-state index is 9.10. The van der Waals surface area contributed by atoms with E-state index in [-0.39, 0.29) is 0 Å². The van der Waals surface area contributed by atoms with Crippen LogP contribution in [0.2, 0.25) is 0 Å². The quantitative estimate of drug-likeness (QED) is 0.829. The molecule has 122 valence electrons. The van der Waals surface area contributed by atoms with Gasteiger partial charge < -0.3 is 14.9 Å². The Balaban J connectivity index is 0.000000346. The van der Waals surface area contributed by atoms with Gasteiger partial charge in [0.25, 0.3) is 0 Å². The van der Waals surface area contributed by atoms with Crippen LogP contribution in [0.3, 0.4) is 0 Å². The number of ether oxygens (including phenoxy) is 1. The summed E-state index contributed by atoms with van der Waals surface area (Å²) in [5.74, 6) is -2.60. The number of para-hydroxylation sites is 1. The molecule has 1 saturated heterocycles. The Morgan fingerprint density at radius 2 is 1.68 bits per heavy atom. The summed E-state index contributed by atoms with van der Waals surface area (Å²) in [6, 6.07) is 8.40. The molecule has 0 bridgehead atoms. The van der Waals surface area contributed by atoms with E-state index < -0.39 is 11.9 Å². The largest absolute Gasteiger partial charge is 0.494 e. The molecule has 0 atom stereocenters. The number of hydrogen-bond donors (Lipinski definition) is 2. The Labute approximate surface area is 130 Å². The Kier molecular flexibility index (Phi) is 7.99. The number of carboxylic acids is 2. The van der Waals surface area contributed by atoms with Crippen molar-refractivity contribution in [3.8, 4) is 5.75 Å². The molecular weight excluding hydrogens is 286 g/mol. The van der Waals surface area contributed by atoms with Gasteiger partial charge in [-0.2, -0.15) is 0 Å². The zero-order valence-electron chi connectivity index (χ0n) is 12.8. The minimum atomic E-state index is -1.82. The van der Waals surface area contributed by atoms with Crippen LogP contribution in [0.15, 0.2) is 24.3 Å². The van der Waals surface area contributed by atoms with Gasteiger partial charge in [-0.25, -0.2) is 9.59 Å². The van der Waals surface area contributed by atoms with Crippen molar-refractivity contribution in [2.24, 2.45) is 0 Å². The summed E-state index contributed by atoms with van der Waals surface area (Å²) in [5.41, 5.74) is 1.33. The topological polar surface area (TPSA) is 87.1 Å². The lowest BCUT2D eigenvalue weighted by atomic mass is 10.1. The minimum Gasteiger partial charge on any atom is -0.494 e. The standard InChI is InChI=1S/C14H21NO.C2H2O4/c1-2-16-14-9-5-4-8-13(14)12-15-10-6-3-7-11-15;3-1(4)2(5)6/h4-5,8-9H,2-3,6-7,10-12H2,1H3;(H,3,4)(H,5,6). The predicted molar refractivity (Wildman–Crippen MR) is 82.0 cm³/mol. The molecule has 6 nitrogen and oxygen atoms in total. The van der Waals surface area contributed by atoms with Crippen LogP contribution in [-0.4, -0.2) is 46.7 Å². The maximum Gasteiger partial charge on any atom is 0.414 e. The van der Waals surface area contributed by atoms with Gasteiger partial charge in [-0.15, -0.1) is 0 Å². The molecule has 1 aromatic carbocycles. The third-order valence-corrected chi connectivity index (χ3v) is 3.30. The van der Waals surface area contributed by atoms with Gasteiger partial charge >= 0.3 is 11.9 Å². The molecule has 1 aliphatic rings. The van der Waals surface area contributed by atoms with Crippen molar-refractivity contribution in [3.63, 3.8) is 0 Å². The molecule has 1 fully saturated rings. The monoisotopic (exact) mass is 309 g/mol. The molecule has 2 N–H and O–H groups in total. The summed E-state index contributed by atoms with van der Waals surface area (Å²) in [6.45, 7) is 6.30. The van der Waals surface area contributed by atoms with Crippen LogP contribution in [0, 0.1) is 0 Å². The number of benzene rings is 1. The van der Waals surface area contributed by atoms with Crippen molar-refractivity contribution in [1.29, 1.82) is 0 Å². The molecule has 6 heteroatoms. The fourth-order valence-electron chi connectivity index (χ4n) is 2.29. The molecule has 0 unspecified atom stereocenters. The molecule has 1 aromatic rings. The first kappa shape index (κ1) is 18.0. The molecule has 22 heavy (non-hydrogen) atoms. The number of carbonyl (C=O) groups is 2. The average Bonchev–Trinajstić information content (AvgIpc) is 2.51. The smallest absolute Gasteiger partial charge is 0.414 e. The van der Waals surface area contributed by atoms with Crippen molar-refractivity contribution in [2.45, 2.75) is 32.7 Å². The third-order valence-electron chi connectivity index (χ3n) is 3.30. The molecular formula is C16H23NO5. The Hall–Kier alpha value is -2.08.